The van der Waals surface area contributed by atoms with Crippen LogP contribution in [0.4, 0.5) is 10.1 Å². The standard InChI is InChI=1S/C24H26ClFN2O2S/c1-16(23(29)27-12-6-2-3-7-13-27)22-24(30)28(20-8-4-5-9-21(20)31-22)15-17-10-11-18(26)14-19(17)25/h4-5,8-11,14,16,22H,2-3,6-7,12-13,15H2,1H3/t16-,22+/m1/s1. The predicted molar refractivity (Wildman–Crippen MR) is 123 cm³/mol. The molecule has 0 unspecified atom stereocenters. The van der Waals surface area contributed by atoms with E-state index in [2.05, 4.69) is 0 Å². The molecule has 2 aromatic carbocycles. The molecule has 0 bridgehead atoms. The molecule has 1 saturated heterocycles. The Morgan fingerprint density at radius 3 is 2.58 bits per heavy atom. The monoisotopic (exact) mass is 460 g/mol. The molecule has 4 nitrogen and oxygen atoms in total. The minimum atomic E-state index is -0.509. The van der Waals surface area contributed by atoms with Crippen LogP contribution >= 0.6 is 23.4 Å². The fraction of sp³-hybridized carbons (Fsp3) is 0.417. The SMILES string of the molecule is C[C@@H](C(=O)N1CCCCCC1)[C@@H]1Sc2ccccc2N(Cc2ccc(F)cc2Cl)C1=O. The number of likely N-dealkylation sites (tertiary alicyclic amines) is 1. The highest BCUT2D eigenvalue weighted by atomic mass is 35.5. The van der Waals surface area contributed by atoms with Crippen molar-refractivity contribution in [1.82, 2.24) is 4.90 Å². The number of thioether (sulfide) groups is 1. The number of nitrogens with zero attached hydrogens (tertiary/aromatic N) is 2. The molecule has 0 N–H and O–H groups in total. The highest BCUT2D eigenvalue weighted by Gasteiger charge is 2.40. The molecule has 2 aromatic rings. The summed E-state index contributed by atoms with van der Waals surface area (Å²) in [5.74, 6) is -0.911. The van der Waals surface area contributed by atoms with Gasteiger partial charge in [-0.1, -0.05) is 49.6 Å². The van der Waals surface area contributed by atoms with Gasteiger partial charge >= 0.3 is 0 Å². The van der Waals surface area contributed by atoms with Gasteiger partial charge in [-0.05, 0) is 42.7 Å². The van der Waals surface area contributed by atoms with Crippen LogP contribution in [-0.4, -0.2) is 35.1 Å². The molecule has 164 valence electrons. The van der Waals surface area contributed by atoms with Gasteiger partial charge in [-0.3, -0.25) is 9.59 Å². The Hall–Kier alpha value is -2.05. The molecule has 2 aliphatic rings. The van der Waals surface area contributed by atoms with Crippen molar-refractivity contribution >= 4 is 40.9 Å². The van der Waals surface area contributed by atoms with Crippen LogP contribution in [0, 0.1) is 11.7 Å². The van der Waals surface area contributed by atoms with E-state index in [1.165, 1.54) is 23.9 Å². The summed E-state index contributed by atoms with van der Waals surface area (Å²) >= 11 is 7.71. The number of carbonyl (C=O) groups is 2. The van der Waals surface area contributed by atoms with Gasteiger partial charge in [0.05, 0.1) is 18.2 Å². The van der Waals surface area contributed by atoms with Gasteiger partial charge < -0.3 is 9.80 Å². The lowest BCUT2D eigenvalue weighted by molar-refractivity contribution is -0.137. The number of rotatable bonds is 4. The van der Waals surface area contributed by atoms with Crippen molar-refractivity contribution in [2.24, 2.45) is 5.92 Å². The van der Waals surface area contributed by atoms with E-state index in [-0.39, 0.29) is 23.4 Å². The topological polar surface area (TPSA) is 40.6 Å². The van der Waals surface area contributed by atoms with E-state index in [4.69, 9.17) is 11.6 Å². The normalized spacial score (nSPS) is 20.2. The van der Waals surface area contributed by atoms with E-state index in [0.29, 0.717) is 5.56 Å². The Balaban J connectivity index is 1.61. The van der Waals surface area contributed by atoms with E-state index in [1.54, 1.807) is 11.0 Å². The van der Waals surface area contributed by atoms with E-state index >= 15 is 0 Å². The molecule has 0 spiro atoms. The van der Waals surface area contributed by atoms with E-state index in [9.17, 15) is 14.0 Å². The largest absolute Gasteiger partial charge is 0.342 e. The van der Waals surface area contributed by atoms with E-state index in [1.807, 2.05) is 36.1 Å². The number of carbonyl (C=O) groups excluding carboxylic acids is 2. The Morgan fingerprint density at radius 1 is 1.16 bits per heavy atom. The third kappa shape index (κ3) is 4.75. The second-order valence-electron chi connectivity index (χ2n) is 8.19. The molecule has 0 saturated carbocycles. The zero-order valence-electron chi connectivity index (χ0n) is 17.5. The van der Waals surface area contributed by atoms with Crippen molar-refractivity contribution in [3.63, 3.8) is 0 Å². The van der Waals surface area contributed by atoms with Gasteiger partial charge in [-0.25, -0.2) is 4.39 Å². The molecule has 7 heteroatoms. The lowest BCUT2D eigenvalue weighted by Gasteiger charge is -2.37. The maximum Gasteiger partial charge on any atom is 0.241 e. The number of amides is 2. The van der Waals surface area contributed by atoms with Gasteiger partial charge in [0.2, 0.25) is 11.8 Å². The zero-order valence-corrected chi connectivity index (χ0v) is 19.1. The second-order valence-corrected chi connectivity index (χ2v) is 9.79. The number of anilines is 1. The summed E-state index contributed by atoms with van der Waals surface area (Å²) in [6.45, 7) is 3.62. The van der Waals surface area contributed by atoms with Crippen molar-refractivity contribution < 1.29 is 14.0 Å². The maximum absolute atomic E-state index is 13.6. The number of hydrogen-bond donors (Lipinski definition) is 0. The average molecular weight is 461 g/mol. The quantitative estimate of drug-likeness (QED) is 0.602. The van der Waals surface area contributed by atoms with Crippen molar-refractivity contribution in [2.75, 3.05) is 18.0 Å². The highest BCUT2D eigenvalue weighted by Crippen LogP contribution is 2.43. The van der Waals surface area contributed by atoms with Crippen LogP contribution in [0.3, 0.4) is 0 Å². The smallest absolute Gasteiger partial charge is 0.241 e. The molecule has 4 rings (SSSR count). The summed E-state index contributed by atoms with van der Waals surface area (Å²) in [5, 5.41) is -0.223. The van der Waals surface area contributed by atoms with Crippen LogP contribution in [0.15, 0.2) is 47.4 Å². The third-order valence-corrected chi connectivity index (χ3v) is 7.84. The van der Waals surface area contributed by atoms with E-state index in [0.717, 1.165) is 49.4 Å². The van der Waals surface area contributed by atoms with Gasteiger partial charge in [-0.15, -0.1) is 11.8 Å². The Labute approximate surface area is 191 Å². The molecular weight excluding hydrogens is 435 g/mol. The van der Waals surface area contributed by atoms with Crippen molar-refractivity contribution in [2.45, 2.75) is 49.3 Å². The number of benzene rings is 2. The average Bonchev–Trinajstić information content (AvgIpc) is 3.05. The third-order valence-electron chi connectivity index (χ3n) is 6.02. The first kappa shape index (κ1) is 22.2. The van der Waals surface area contributed by atoms with Crippen molar-refractivity contribution in [3.8, 4) is 0 Å². The number of hydrogen-bond acceptors (Lipinski definition) is 3. The van der Waals surface area contributed by atoms with Gasteiger partial charge in [0.1, 0.15) is 11.1 Å². The lowest BCUT2D eigenvalue weighted by atomic mass is 10.0. The van der Waals surface area contributed by atoms with Gasteiger partial charge in [0, 0.05) is 23.0 Å². The van der Waals surface area contributed by atoms with Crippen LogP contribution < -0.4 is 4.90 Å². The zero-order chi connectivity index (χ0) is 22.0. The van der Waals surface area contributed by atoms with Crippen LogP contribution in [0.25, 0.3) is 0 Å². The first-order valence-corrected chi connectivity index (χ1v) is 12.0. The number of para-hydroxylation sites is 1. The molecule has 0 aromatic heterocycles. The first-order chi connectivity index (χ1) is 15.0. The molecule has 2 aliphatic heterocycles. The van der Waals surface area contributed by atoms with Crippen LogP contribution in [-0.2, 0) is 16.1 Å². The highest BCUT2D eigenvalue weighted by molar-refractivity contribution is 8.01. The Morgan fingerprint density at radius 2 is 1.87 bits per heavy atom. The number of halogens is 2. The number of fused-ring (bicyclic) bond motifs is 1. The summed E-state index contributed by atoms with van der Waals surface area (Å²) in [4.78, 5) is 31.4. The fourth-order valence-electron chi connectivity index (χ4n) is 4.25. The summed E-state index contributed by atoms with van der Waals surface area (Å²) in [6.07, 6.45) is 4.33. The maximum atomic E-state index is 13.6. The lowest BCUT2D eigenvalue weighted by Crippen LogP contribution is -2.48. The molecule has 31 heavy (non-hydrogen) atoms. The van der Waals surface area contributed by atoms with E-state index < -0.39 is 17.0 Å². The Bertz CT molecular complexity index is 978. The van der Waals surface area contributed by atoms with Gasteiger partial charge in [0.15, 0.2) is 0 Å². The van der Waals surface area contributed by atoms with Crippen molar-refractivity contribution in [3.05, 3.63) is 58.9 Å². The summed E-state index contributed by atoms with van der Waals surface area (Å²) in [6, 6.07) is 11.9. The molecule has 0 aliphatic carbocycles. The Kier molecular flexibility index (Phi) is 6.87. The molecular formula is C24H26ClFN2O2S. The van der Waals surface area contributed by atoms with Gasteiger partial charge in [0.25, 0.3) is 0 Å². The molecule has 2 amide bonds. The molecule has 2 atom stereocenters. The van der Waals surface area contributed by atoms with Crippen LogP contribution in [0.1, 0.15) is 38.2 Å². The predicted octanol–water partition coefficient (Wildman–Crippen LogP) is 5.53. The minimum Gasteiger partial charge on any atom is -0.342 e. The first-order valence-electron chi connectivity index (χ1n) is 10.8. The molecule has 2 heterocycles. The minimum absolute atomic E-state index is 0.0481. The fourth-order valence-corrected chi connectivity index (χ4v) is 5.75. The van der Waals surface area contributed by atoms with Crippen LogP contribution in [0.2, 0.25) is 5.02 Å². The second kappa shape index (κ2) is 9.61. The van der Waals surface area contributed by atoms with Crippen molar-refractivity contribution in [1.29, 1.82) is 0 Å². The molecule has 1 fully saturated rings. The summed E-state index contributed by atoms with van der Waals surface area (Å²) in [7, 11) is 0. The summed E-state index contributed by atoms with van der Waals surface area (Å²) in [5.41, 5.74) is 1.46. The van der Waals surface area contributed by atoms with Gasteiger partial charge in [-0.2, -0.15) is 0 Å². The molecule has 0 radical (unpaired) electrons. The summed E-state index contributed by atoms with van der Waals surface area (Å²) < 4.78 is 13.5. The van der Waals surface area contributed by atoms with Crippen LogP contribution in [0.5, 0.6) is 0 Å².